The first-order valence-electron chi connectivity index (χ1n) is 6.27. The second kappa shape index (κ2) is 5.27. The van der Waals surface area contributed by atoms with Gasteiger partial charge in [0.1, 0.15) is 17.1 Å². The van der Waals surface area contributed by atoms with Crippen molar-refractivity contribution < 1.29 is 9.13 Å². The highest BCUT2D eigenvalue weighted by Crippen LogP contribution is 2.29. The summed E-state index contributed by atoms with van der Waals surface area (Å²) >= 11 is 0. The van der Waals surface area contributed by atoms with Crippen LogP contribution in [0.25, 0.3) is 10.9 Å². The fourth-order valence-corrected chi connectivity index (χ4v) is 2.08. The molecule has 3 aromatic rings. The van der Waals surface area contributed by atoms with E-state index in [4.69, 9.17) is 10.5 Å². The molecule has 0 atom stereocenters. The summed E-state index contributed by atoms with van der Waals surface area (Å²) in [5.74, 6) is 0.649. The van der Waals surface area contributed by atoms with Crippen LogP contribution in [0, 0.1) is 5.82 Å². The molecule has 0 saturated heterocycles. The molecule has 0 saturated carbocycles. The Morgan fingerprint density at radius 1 is 1.10 bits per heavy atom. The highest BCUT2D eigenvalue weighted by atomic mass is 19.1. The number of benzene rings is 2. The number of hydrogen-bond donors (Lipinski definition) is 1. The van der Waals surface area contributed by atoms with Crippen LogP contribution >= 0.6 is 0 Å². The number of rotatable bonds is 3. The van der Waals surface area contributed by atoms with Gasteiger partial charge in [-0.2, -0.15) is 0 Å². The Labute approximate surface area is 115 Å². The van der Waals surface area contributed by atoms with Crippen molar-refractivity contribution in [2.24, 2.45) is 5.73 Å². The van der Waals surface area contributed by atoms with Gasteiger partial charge in [0.15, 0.2) is 5.75 Å². The largest absolute Gasteiger partial charge is 0.455 e. The minimum atomic E-state index is -0.365. The van der Waals surface area contributed by atoms with Crippen LogP contribution in [0.3, 0.4) is 0 Å². The molecule has 0 radical (unpaired) electrons. The van der Waals surface area contributed by atoms with Gasteiger partial charge in [-0.3, -0.25) is 4.98 Å². The number of fused-ring (bicyclic) bond motifs is 1. The molecule has 0 spiro atoms. The normalized spacial score (nSPS) is 10.7. The lowest BCUT2D eigenvalue weighted by molar-refractivity contribution is 0.480. The number of para-hydroxylation sites is 1. The van der Waals surface area contributed by atoms with Crippen LogP contribution in [0.5, 0.6) is 11.5 Å². The SMILES string of the molecule is NCc1cc(F)cc(Oc2cccc3cccnc23)c1. The minimum Gasteiger partial charge on any atom is -0.455 e. The van der Waals surface area contributed by atoms with E-state index >= 15 is 0 Å². The van der Waals surface area contributed by atoms with Gasteiger partial charge in [-0.25, -0.2) is 4.39 Å². The monoisotopic (exact) mass is 268 g/mol. The Morgan fingerprint density at radius 3 is 2.80 bits per heavy atom. The fraction of sp³-hybridized carbons (Fsp3) is 0.0625. The molecule has 1 aromatic heterocycles. The first kappa shape index (κ1) is 12.6. The van der Waals surface area contributed by atoms with E-state index in [0.29, 0.717) is 17.1 Å². The van der Waals surface area contributed by atoms with Crippen LogP contribution in [0.15, 0.2) is 54.7 Å². The third kappa shape index (κ3) is 2.46. The molecule has 2 N–H and O–H groups in total. The molecule has 2 aromatic carbocycles. The summed E-state index contributed by atoms with van der Waals surface area (Å²) in [5, 5.41) is 0.973. The number of aromatic nitrogens is 1. The Kier molecular flexibility index (Phi) is 3.31. The number of nitrogens with two attached hydrogens (primary N) is 1. The highest BCUT2D eigenvalue weighted by Gasteiger charge is 2.06. The van der Waals surface area contributed by atoms with E-state index in [9.17, 15) is 4.39 Å². The average Bonchev–Trinajstić information content (AvgIpc) is 2.47. The lowest BCUT2D eigenvalue weighted by Gasteiger charge is -2.09. The molecule has 4 heteroatoms. The molecular formula is C16H13FN2O. The van der Waals surface area contributed by atoms with Gasteiger partial charge in [0.2, 0.25) is 0 Å². The van der Waals surface area contributed by atoms with Crippen LogP contribution in [-0.4, -0.2) is 4.98 Å². The van der Waals surface area contributed by atoms with Crippen LogP contribution in [0.2, 0.25) is 0 Å². The molecule has 0 aliphatic rings. The predicted molar refractivity (Wildman–Crippen MR) is 76.1 cm³/mol. The van der Waals surface area contributed by atoms with E-state index in [-0.39, 0.29) is 12.4 Å². The average molecular weight is 268 g/mol. The summed E-state index contributed by atoms with van der Waals surface area (Å²) in [6.45, 7) is 0.266. The van der Waals surface area contributed by atoms with Gasteiger partial charge in [-0.05, 0) is 29.8 Å². The molecule has 0 fully saturated rings. The van der Waals surface area contributed by atoms with E-state index in [1.54, 1.807) is 12.3 Å². The van der Waals surface area contributed by atoms with Crippen molar-refractivity contribution in [3.63, 3.8) is 0 Å². The maximum atomic E-state index is 13.5. The first-order valence-corrected chi connectivity index (χ1v) is 6.27. The number of nitrogens with zero attached hydrogens (tertiary/aromatic N) is 1. The number of hydrogen-bond acceptors (Lipinski definition) is 3. The Bertz CT molecular complexity index is 753. The molecule has 20 heavy (non-hydrogen) atoms. The van der Waals surface area contributed by atoms with Crippen LogP contribution in [-0.2, 0) is 6.54 Å². The topological polar surface area (TPSA) is 48.1 Å². The number of pyridine rings is 1. The molecule has 100 valence electrons. The van der Waals surface area contributed by atoms with E-state index in [0.717, 1.165) is 10.9 Å². The second-order valence-electron chi connectivity index (χ2n) is 4.43. The molecule has 3 nitrogen and oxygen atoms in total. The minimum absolute atomic E-state index is 0.266. The number of ether oxygens (including phenoxy) is 1. The van der Waals surface area contributed by atoms with Gasteiger partial charge < -0.3 is 10.5 Å². The molecule has 1 heterocycles. The maximum absolute atomic E-state index is 13.5. The van der Waals surface area contributed by atoms with Crippen molar-refractivity contribution in [3.8, 4) is 11.5 Å². The Balaban J connectivity index is 2.03. The van der Waals surface area contributed by atoms with E-state index < -0.39 is 0 Å². The van der Waals surface area contributed by atoms with E-state index in [1.807, 2.05) is 30.3 Å². The smallest absolute Gasteiger partial charge is 0.153 e. The van der Waals surface area contributed by atoms with Gasteiger partial charge in [-0.15, -0.1) is 0 Å². The van der Waals surface area contributed by atoms with Crippen LogP contribution in [0.1, 0.15) is 5.56 Å². The zero-order chi connectivity index (χ0) is 13.9. The summed E-state index contributed by atoms with van der Waals surface area (Å²) in [6, 6.07) is 13.9. The maximum Gasteiger partial charge on any atom is 0.153 e. The lowest BCUT2D eigenvalue weighted by Crippen LogP contribution is -1.98. The second-order valence-corrected chi connectivity index (χ2v) is 4.43. The number of halogens is 1. The Hall–Kier alpha value is -2.46. The third-order valence-electron chi connectivity index (χ3n) is 2.99. The van der Waals surface area contributed by atoms with Crippen molar-refractivity contribution >= 4 is 10.9 Å². The third-order valence-corrected chi connectivity index (χ3v) is 2.99. The van der Waals surface area contributed by atoms with Crippen molar-refractivity contribution in [1.82, 2.24) is 4.98 Å². The molecule has 3 rings (SSSR count). The zero-order valence-electron chi connectivity index (χ0n) is 10.7. The van der Waals surface area contributed by atoms with Gasteiger partial charge >= 0.3 is 0 Å². The summed E-state index contributed by atoms with van der Waals surface area (Å²) in [4.78, 5) is 4.30. The van der Waals surface area contributed by atoms with Crippen LogP contribution < -0.4 is 10.5 Å². The molecule has 0 unspecified atom stereocenters. The standard InChI is InChI=1S/C16H13FN2O/c17-13-7-11(10-18)8-14(9-13)20-15-5-1-3-12-4-2-6-19-16(12)15/h1-9H,10,18H2. The molecule has 0 aliphatic heterocycles. The van der Waals surface area contributed by atoms with Crippen molar-refractivity contribution in [1.29, 1.82) is 0 Å². The molecular weight excluding hydrogens is 255 g/mol. The van der Waals surface area contributed by atoms with E-state index in [1.165, 1.54) is 12.1 Å². The fourth-order valence-electron chi connectivity index (χ4n) is 2.08. The van der Waals surface area contributed by atoms with Gasteiger partial charge in [0.05, 0.1) is 0 Å². The summed E-state index contributed by atoms with van der Waals surface area (Å²) in [6.07, 6.45) is 1.70. The lowest BCUT2D eigenvalue weighted by atomic mass is 10.2. The van der Waals surface area contributed by atoms with Crippen molar-refractivity contribution in [3.05, 3.63) is 66.1 Å². The summed E-state index contributed by atoms with van der Waals surface area (Å²) < 4.78 is 19.2. The first-order chi connectivity index (χ1) is 9.76. The molecule has 0 amide bonds. The quantitative estimate of drug-likeness (QED) is 0.789. The molecule has 0 bridgehead atoms. The molecule has 0 aliphatic carbocycles. The van der Waals surface area contributed by atoms with Gasteiger partial charge in [0.25, 0.3) is 0 Å². The van der Waals surface area contributed by atoms with Crippen molar-refractivity contribution in [2.45, 2.75) is 6.54 Å². The highest BCUT2D eigenvalue weighted by molar-refractivity contribution is 5.84. The van der Waals surface area contributed by atoms with Gasteiger partial charge in [0, 0.05) is 24.2 Å². The zero-order valence-corrected chi connectivity index (χ0v) is 10.7. The Morgan fingerprint density at radius 2 is 1.95 bits per heavy atom. The van der Waals surface area contributed by atoms with Crippen molar-refractivity contribution in [2.75, 3.05) is 0 Å². The van der Waals surface area contributed by atoms with E-state index in [2.05, 4.69) is 4.98 Å². The summed E-state index contributed by atoms with van der Waals surface area (Å²) in [5.41, 5.74) is 6.97. The van der Waals surface area contributed by atoms with Crippen LogP contribution in [0.4, 0.5) is 4.39 Å². The van der Waals surface area contributed by atoms with Gasteiger partial charge in [-0.1, -0.05) is 18.2 Å². The summed E-state index contributed by atoms with van der Waals surface area (Å²) in [7, 11) is 0. The predicted octanol–water partition coefficient (Wildman–Crippen LogP) is 3.62.